The zero-order chi connectivity index (χ0) is 19.4. The molecule has 1 aromatic heterocycles. The minimum Gasteiger partial charge on any atom is -0.405 e. The van der Waals surface area contributed by atoms with E-state index in [1.54, 1.807) is 53.5 Å². The van der Waals surface area contributed by atoms with Gasteiger partial charge in [0.2, 0.25) is 0 Å². The third kappa shape index (κ3) is 4.66. The lowest BCUT2D eigenvalue weighted by molar-refractivity contribution is -0.275. The molecule has 3 aromatic rings. The first-order valence-corrected chi connectivity index (χ1v) is 8.03. The molecule has 0 spiro atoms. The van der Waals surface area contributed by atoms with Crippen molar-refractivity contribution in [2.75, 3.05) is 7.05 Å². The number of hydrogen-bond acceptors (Lipinski definition) is 3. The Balaban J connectivity index is 1.73. The second-order valence-electron chi connectivity index (χ2n) is 5.81. The molecular formula is C19H16F3N3O2. The van der Waals surface area contributed by atoms with Crippen LogP contribution in [0.3, 0.4) is 0 Å². The molecular weight excluding hydrogens is 359 g/mol. The van der Waals surface area contributed by atoms with Crippen LogP contribution in [0.15, 0.2) is 67.0 Å². The summed E-state index contributed by atoms with van der Waals surface area (Å²) in [5, 5.41) is 4.11. The smallest absolute Gasteiger partial charge is 0.405 e. The van der Waals surface area contributed by atoms with E-state index in [9.17, 15) is 18.0 Å². The molecule has 0 aliphatic heterocycles. The van der Waals surface area contributed by atoms with Crippen LogP contribution in [0.4, 0.5) is 13.2 Å². The average molecular weight is 375 g/mol. The zero-order valence-corrected chi connectivity index (χ0v) is 14.3. The van der Waals surface area contributed by atoms with Crippen LogP contribution >= 0.6 is 0 Å². The molecule has 0 saturated heterocycles. The van der Waals surface area contributed by atoms with Crippen LogP contribution < -0.4 is 4.74 Å². The van der Waals surface area contributed by atoms with Gasteiger partial charge in [0.15, 0.2) is 0 Å². The number of carbonyl (C=O) groups is 1. The summed E-state index contributed by atoms with van der Waals surface area (Å²) in [6.07, 6.45) is -1.37. The molecule has 3 rings (SSSR count). The van der Waals surface area contributed by atoms with Crippen molar-refractivity contribution in [1.29, 1.82) is 0 Å². The number of amides is 1. The van der Waals surface area contributed by atoms with Gasteiger partial charge in [0.05, 0.1) is 5.69 Å². The van der Waals surface area contributed by atoms with Crippen LogP contribution in [-0.4, -0.2) is 34.0 Å². The summed E-state index contributed by atoms with van der Waals surface area (Å²) in [5.74, 6) is -0.637. The van der Waals surface area contributed by atoms with Crippen molar-refractivity contribution < 1.29 is 22.7 Å². The summed E-state index contributed by atoms with van der Waals surface area (Å²) in [6.45, 7) is -0.0218. The fraction of sp³-hybridized carbons (Fsp3) is 0.158. The molecule has 0 fully saturated rings. The number of nitrogens with zero attached hydrogens (tertiary/aromatic N) is 3. The zero-order valence-electron chi connectivity index (χ0n) is 14.3. The SMILES string of the molecule is CN(Cc1ccccc1OC(F)(F)F)C(=O)c1ccc(-n2cccn2)cc1. The molecule has 0 radical (unpaired) electrons. The molecule has 1 heterocycles. The molecule has 2 aromatic carbocycles. The summed E-state index contributed by atoms with van der Waals surface area (Å²) in [6, 6.07) is 14.3. The topological polar surface area (TPSA) is 47.4 Å². The molecule has 0 atom stereocenters. The third-order valence-corrected chi connectivity index (χ3v) is 3.84. The number of carbonyl (C=O) groups excluding carboxylic acids is 1. The van der Waals surface area contributed by atoms with Gasteiger partial charge in [-0.05, 0) is 36.4 Å². The highest BCUT2D eigenvalue weighted by Crippen LogP contribution is 2.27. The van der Waals surface area contributed by atoms with E-state index in [-0.39, 0.29) is 23.8 Å². The standard InChI is InChI=1S/C19H16F3N3O2/c1-24(13-15-5-2-3-6-17(15)27-19(20,21)22)18(26)14-7-9-16(10-8-14)25-12-4-11-23-25/h2-12H,13H2,1H3. The van der Waals surface area contributed by atoms with E-state index in [0.29, 0.717) is 5.56 Å². The summed E-state index contributed by atoms with van der Waals surface area (Å²) >= 11 is 0. The van der Waals surface area contributed by atoms with Gasteiger partial charge in [0, 0.05) is 37.1 Å². The van der Waals surface area contributed by atoms with Gasteiger partial charge in [0.1, 0.15) is 5.75 Å². The highest BCUT2D eigenvalue weighted by molar-refractivity contribution is 5.94. The van der Waals surface area contributed by atoms with Crippen molar-refractivity contribution in [1.82, 2.24) is 14.7 Å². The van der Waals surface area contributed by atoms with E-state index in [4.69, 9.17) is 0 Å². The van der Waals surface area contributed by atoms with Gasteiger partial charge in [-0.2, -0.15) is 5.10 Å². The van der Waals surface area contributed by atoms with Gasteiger partial charge >= 0.3 is 6.36 Å². The van der Waals surface area contributed by atoms with Gasteiger partial charge < -0.3 is 9.64 Å². The van der Waals surface area contributed by atoms with Crippen molar-refractivity contribution in [2.24, 2.45) is 0 Å². The maximum atomic E-state index is 12.6. The molecule has 27 heavy (non-hydrogen) atoms. The Morgan fingerprint density at radius 2 is 1.81 bits per heavy atom. The molecule has 5 nitrogen and oxygen atoms in total. The summed E-state index contributed by atoms with van der Waals surface area (Å²) in [7, 11) is 1.52. The molecule has 8 heteroatoms. The van der Waals surface area contributed by atoms with Crippen molar-refractivity contribution in [3.05, 3.63) is 78.1 Å². The van der Waals surface area contributed by atoms with Crippen LogP contribution in [0.1, 0.15) is 15.9 Å². The maximum absolute atomic E-state index is 12.6. The van der Waals surface area contributed by atoms with Crippen molar-refractivity contribution in [2.45, 2.75) is 12.9 Å². The quantitative estimate of drug-likeness (QED) is 0.676. The van der Waals surface area contributed by atoms with E-state index in [1.165, 1.54) is 30.1 Å². The molecule has 1 amide bonds. The Kier molecular flexibility index (Phi) is 5.16. The van der Waals surface area contributed by atoms with E-state index < -0.39 is 6.36 Å². The highest BCUT2D eigenvalue weighted by atomic mass is 19.4. The first-order chi connectivity index (χ1) is 12.8. The second kappa shape index (κ2) is 7.53. The summed E-state index contributed by atoms with van der Waals surface area (Å²) < 4.78 is 43.3. The Bertz CT molecular complexity index is 907. The number of halogens is 3. The molecule has 0 aliphatic carbocycles. The highest BCUT2D eigenvalue weighted by Gasteiger charge is 2.32. The van der Waals surface area contributed by atoms with Crippen LogP contribution in [0.5, 0.6) is 5.75 Å². The number of ether oxygens (including phenoxy) is 1. The van der Waals surface area contributed by atoms with Crippen LogP contribution in [0, 0.1) is 0 Å². The average Bonchev–Trinajstić information content (AvgIpc) is 3.16. The van der Waals surface area contributed by atoms with Crippen molar-refractivity contribution in [3.8, 4) is 11.4 Å². The fourth-order valence-electron chi connectivity index (χ4n) is 2.58. The second-order valence-corrected chi connectivity index (χ2v) is 5.81. The Labute approximate surface area is 153 Å². The van der Waals surface area contributed by atoms with Crippen LogP contribution in [0.2, 0.25) is 0 Å². The largest absolute Gasteiger partial charge is 0.573 e. The summed E-state index contributed by atoms with van der Waals surface area (Å²) in [5.41, 5.74) is 1.48. The number of aromatic nitrogens is 2. The van der Waals surface area contributed by atoms with Crippen LogP contribution in [-0.2, 0) is 6.54 Å². The fourth-order valence-corrected chi connectivity index (χ4v) is 2.58. The first kappa shape index (κ1) is 18.5. The van der Waals surface area contributed by atoms with Crippen molar-refractivity contribution in [3.63, 3.8) is 0 Å². The molecule has 0 saturated carbocycles. The lowest BCUT2D eigenvalue weighted by Crippen LogP contribution is -2.27. The monoisotopic (exact) mass is 375 g/mol. The molecule has 0 bridgehead atoms. The van der Waals surface area contributed by atoms with E-state index in [0.717, 1.165) is 5.69 Å². The van der Waals surface area contributed by atoms with E-state index in [2.05, 4.69) is 9.84 Å². The minimum absolute atomic E-state index is 0.0218. The Morgan fingerprint density at radius 3 is 2.44 bits per heavy atom. The van der Waals surface area contributed by atoms with E-state index in [1.807, 2.05) is 0 Å². The van der Waals surface area contributed by atoms with E-state index >= 15 is 0 Å². The van der Waals surface area contributed by atoms with Gasteiger partial charge in [-0.1, -0.05) is 18.2 Å². The lowest BCUT2D eigenvalue weighted by atomic mass is 10.1. The molecule has 0 unspecified atom stereocenters. The maximum Gasteiger partial charge on any atom is 0.573 e. The van der Waals surface area contributed by atoms with Gasteiger partial charge in [-0.15, -0.1) is 13.2 Å². The molecule has 0 N–H and O–H groups in total. The van der Waals surface area contributed by atoms with Gasteiger partial charge in [-0.3, -0.25) is 4.79 Å². The molecule has 140 valence electrons. The lowest BCUT2D eigenvalue weighted by Gasteiger charge is -2.20. The predicted octanol–water partition coefficient (Wildman–Crippen LogP) is 4.04. The molecule has 0 aliphatic rings. The Morgan fingerprint density at radius 1 is 1.11 bits per heavy atom. The Hall–Kier alpha value is -3.29. The van der Waals surface area contributed by atoms with Crippen LogP contribution in [0.25, 0.3) is 5.69 Å². The first-order valence-electron chi connectivity index (χ1n) is 8.03. The third-order valence-electron chi connectivity index (χ3n) is 3.84. The number of alkyl halides is 3. The normalized spacial score (nSPS) is 11.3. The number of hydrogen-bond donors (Lipinski definition) is 0. The number of benzene rings is 2. The van der Waals surface area contributed by atoms with Gasteiger partial charge in [0.25, 0.3) is 5.91 Å². The number of rotatable bonds is 5. The number of para-hydroxylation sites is 1. The predicted molar refractivity (Wildman–Crippen MR) is 92.5 cm³/mol. The van der Waals surface area contributed by atoms with Crippen molar-refractivity contribution >= 4 is 5.91 Å². The minimum atomic E-state index is -4.79. The van der Waals surface area contributed by atoms with Gasteiger partial charge in [-0.25, -0.2) is 4.68 Å². The summed E-state index contributed by atoms with van der Waals surface area (Å²) in [4.78, 5) is 13.9.